The standard InChI is InChI=1S/C19H22F6N2O2S/c1-6-29-11-7-10-12(17(20,21)22)16(8-26,19(23,24)25)9-30-18(27(10)11)14(2,3)13(28)15(18,4)5/h11H,6-7,9H2,1-5H3/t11-,16-/m0/s1. The van der Waals surface area contributed by atoms with Crippen LogP contribution in [0.5, 0.6) is 0 Å². The molecule has 11 heteroatoms. The minimum Gasteiger partial charge on any atom is -0.358 e. The number of ketones is 1. The highest BCUT2D eigenvalue weighted by Crippen LogP contribution is 2.73. The van der Waals surface area contributed by atoms with Crippen molar-refractivity contribution in [1.82, 2.24) is 4.90 Å². The van der Waals surface area contributed by atoms with Gasteiger partial charge in [-0.1, -0.05) is 0 Å². The highest BCUT2D eigenvalue weighted by atomic mass is 32.2. The highest BCUT2D eigenvalue weighted by molar-refractivity contribution is 8.00. The van der Waals surface area contributed by atoms with E-state index in [1.165, 1.54) is 32.6 Å². The quantitative estimate of drug-likeness (QED) is 0.546. The van der Waals surface area contributed by atoms with Crippen molar-refractivity contribution in [2.45, 2.75) is 64.5 Å². The molecule has 2 fully saturated rings. The number of fused-ring (bicyclic) bond motifs is 2. The van der Waals surface area contributed by atoms with Gasteiger partial charge in [0.1, 0.15) is 11.1 Å². The minimum absolute atomic E-state index is 0.133. The van der Waals surface area contributed by atoms with Crippen LogP contribution in [0.1, 0.15) is 41.0 Å². The topological polar surface area (TPSA) is 53.3 Å². The molecule has 0 aromatic heterocycles. The molecule has 0 bridgehead atoms. The molecule has 0 N–H and O–H groups in total. The van der Waals surface area contributed by atoms with Crippen LogP contribution in [0.3, 0.4) is 0 Å². The van der Waals surface area contributed by atoms with E-state index in [1.807, 2.05) is 0 Å². The highest BCUT2D eigenvalue weighted by Gasteiger charge is 2.81. The summed E-state index contributed by atoms with van der Waals surface area (Å²) in [4.78, 5) is 12.6. The van der Waals surface area contributed by atoms with Gasteiger partial charge in [-0.25, -0.2) is 0 Å². The van der Waals surface area contributed by atoms with Gasteiger partial charge in [0.15, 0.2) is 11.2 Å². The molecule has 1 spiro atoms. The summed E-state index contributed by atoms with van der Waals surface area (Å²) in [6, 6.07) is 0.961. The zero-order chi connectivity index (χ0) is 23.1. The molecule has 2 aliphatic heterocycles. The third-order valence-corrected chi connectivity index (χ3v) is 8.86. The molecule has 168 valence electrons. The summed E-state index contributed by atoms with van der Waals surface area (Å²) in [6.07, 6.45) is -12.2. The van der Waals surface area contributed by atoms with E-state index >= 15 is 0 Å². The zero-order valence-corrected chi connectivity index (χ0v) is 17.9. The number of hydrogen-bond donors (Lipinski definition) is 0. The monoisotopic (exact) mass is 456 g/mol. The molecular formula is C19H22F6N2O2S. The molecule has 0 amide bonds. The third-order valence-electron chi connectivity index (χ3n) is 6.65. The lowest BCUT2D eigenvalue weighted by atomic mass is 9.48. The lowest BCUT2D eigenvalue weighted by Crippen LogP contribution is -2.81. The summed E-state index contributed by atoms with van der Waals surface area (Å²) < 4.78 is 90.0. The Morgan fingerprint density at radius 2 is 1.70 bits per heavy atom. The number of halogens is 6. The van der Waals surface area contributed by atoms with Gasteiger partial charge in [0.2, 0.25) is 0 Å². The molecule has 30 heavy (non-hydrogen) atoms. The van der Waals surface area contributed by atoms with Crippen LogP contribution < -0.4 is 0 Å². The van der Waals surface area contributed by atoms with E-state index in [0.29, 0.717) is 11.8 Å². The molecule has 0 radical (unpaired) electrons. The first kappa shape index (κ1) is 23.3. The van der Waals surface area contributed by atoms with Crippen molar-refractivity contribution in [3.8, 4) is 6.07 Å². The van der Waals surface area contributed by atoms with E-state index in [-0.39, 0.29) is 12.4 Å². The van der Waals surface area contributed by atoms with Crippen molar-refractivity contribution in [1.29, 1.82) is 5.26 Å². The molecule has 4 nitrogen and oxygen atoms in total. The second kappa shape index (κ2) is 6.31. The molecule has 3 aliphatic rings. The molecule has 1 saturated carbocycles. The number of Topliss-reactive ketones (excluding diaryl/α,β-unsaturated/α-hetero) is 1. The van der Waals surface area contributed by atoms with Crippen molar-refractivity contribution >= 4 is 17.5 Å². The van der Waals surface area contributed by atoms with Gasteiger partial charge in [0.25, 0.3) is 0 Å². The average Bonchev–Trinajstić information content (AvgIpc) is 2.69. The van der Waals surface area contributed by atoms with E-state index in [9.17, 15) is 36.4 Å². The van der Waals surface area contributed by atoms with Crippen LogP contribution in [0.4, 0.5) is 26.3 Å². The average molecular weight is 456 g/mol. The Kier molecular flexibility index (Phi) is 4.89. The van der Waals surface area contributed by atoms with Crippen molar-refractivity contribution in [2.24, 2.45) is 16.2 Å². The number of alkyl halides is 6. The fraction of sp³-hybridized carbons (Fsp3) is 0.789. The zero-order valence-electron chi connectivity index (χ0n) is 17.1. The first-order chi connectivity index (χ1) is 13.5. The van der Waals surface area contributed by atoms with Gasteiger partial charge in [-0.05, 0) is 34.6 Å². The van der Waals surface area contributed by atoms with Gasteiger partial charge in [-0.2, -0.15) is 31.6 Å². The fourth-order valence-corrected chi connectivity index (χ4v) is 7.58. The Morgan fingerprint density at radius 1 is 1.17 bits per heavy atom. The summed E-state index contributed by atoms with van der Waals surface area (Å²) in [5, 5.41) is 9.47. The number of hydrogen-bond acceptors (Lipinski definition) is 5. The smallest absolute Gasteiger partial charge is 0.358 e. The second-order valence-corrected chi connectivity index (χ2v) is 10.00. The first-order valence-corrected chi connectivity index (χ1v) is 10.3. The number of nitriles is 1. The van der Waals surface area contributed by atoms with Crippen LogP contribution >= 0.6 is 11.8 Å². The Bertz CT molecular complexity index is 837. The summed E-state index contributed by atoms with van der Waals surface area (Å²) in [5.74, 6) is -1.44. The molecule has 0 unspecified atom stereocenters. The van der Waals surface area contributed by atoms with Gasteiger partial charge in [0.05, 0.1) is 22.5 Å². The fourth-order valence-electron chi connectivity index (χ4n) is 5.51. The predicted octanol–water partition coefficient (Wildman–Crippen LogP) is 5.02. The maximum absolute atomic E-state index is 14.1. The number of ether oxygens (including phenoxy) is 1. The number of thioether (sulfide) groups is 1. The summed E-state index contributed by atoms with van der Waals surface area (Å²) >= 11 is 0.603. The van der Waals surface area contributed by atoms with Gasteiger partial charge >= 0.3 is 12.4 Å². The van der Waals surface area contributed by atoms with Crippen LogP contribution in [0.2, 0.25) is 0 Å². The van der Waals surface area contributed by atoms with Crippen molar-refractivity contribution in [3.63, 3.8) is 0 Å². The van der Waals surface area contributed by atoms with Crippen LogP contribution in [-0.2, 0) is 9.53 Å². The van der Waals surface area contributed by atoms with Crippen molar-refractivity contribution < 1.29 is 35.9 Å². The van der Waals surface area contributed by atoms with E-state index in [1.54, 1.807) is 6.92 Å². The number of carbonyl (C=O) groups excluding carboxylic acids is 1. The lowest BCUT2D eigenvalue weighted by molar-refractivity contribution is -0.219. The Balaban J connectivity index is 2.37. The largest absolute Gasteiger partial charge is 0.416 e. The third kappa shape index (κ3) is 2.43. The molecule has 0 aromatic rings. The Morgan fingerprint density at radius 3 is 2.10 bits per heavy atom. The van der Waals surface area contributed by atoms with Gasteiger partial charge in [-0.3, -0.25) is 4.79 Å². The van der Waals surface area contributed by atoms with E-state index in [0.717, 1.165) is 6.07 Å². The van der Waals surface area contributed by atoms with Crippen LogP contribution in [-0.4, -0.2) is 46.5 Å². The maximum atomic E-state index is 14.1. The maximum Gasteiger partial charge on any atom is 0.416 e. The molecule has 0 aromatic carbocycles. The Hall–Kier alpha value is -1.41. The summed E-state index contributed by atoms with van der Waals surface area (Å²) in [6.45, 7) is 7.84. The van der Waals surface area contributed by atoms with Crippen LogP contribution in [0.25, 0.3) is 0 Å². The van der Waals surface area contributed by atoms with Crippen LogP contribution in [0, 0.1) is 27.6 Å². The van der Waals surface area contributed by atoms with Crippen molar-refractivity contribution in [3.05, 3.63) is 11.3 Å². The SMILES string of the molecule is CCO[C@H]1CC2=C(C(F)(F)F)[C@@](C#N)(C(F)(F)F)CSC3(N21)C(C)(C)C(=O)C3(C)C. The number of rotatable bonds is 2. The normalized spacial score (nSPS) is 32.1. The summed E-state index contributed by atoms with van der Waals surface area (Å²) in [7, 11) is 0. The first-order valence-electron chi connectivity index (χ1n) is 9.36. The number of carbonyl (C=O) groups is 1. The van der Waals surface area contributed by atoms with E-state index < -0.39 is 63.1 Å². The molecule has 3 rings (SSSR count). The van der Waals surface area contributed by atoms with Crippen molar-refractivity contribution in [2.75, 3.05) is 12.4 Å². The Labute approximate surface area is 174 Å². The van der Waals surface area contributed by atoms with Gasteiger partial charge in [0, 0.05) is 24.5 Å². The van der Waals surface area contributed by atoms with Gasteiger partial charge < -0.3 is 9.64 Å². The summed E-state index contributed by atoms with van der Waals surface area (Å²) in [5.41, 5.74) is -8.75. The lowest BCUT2D eigenvalue weighted by Gasteiger charge is -2.72. The van der Waals surface area contributed by atoms with Crippen LogP contribution in [0.15, 0.2) is 11.3 Å². The van der Waals surface area contributed by atoms with E-state index in [4.69, 9.17) is 4.74 Å². The second-order valence-electron chi connectivity index (χ2n) is 8.83. The molecule has 1 saturated heterocycles. The predicted molar refractivity (Wildman–Crippen MR) is 96.8 cm³/mol. The molecule has 2 atom stereocenters. The number of allylic oxidation sites excluding steroid dienone is 1. The minimum atomic E-state index is -5.46. The molecule has 1 aliphatic carbocycles. The van der Waals surface area contributed by atoms with E-state index in [2.05, 4.69) is 0 Å². The molecular weight excluding hydrogens is 434 g/mol. The number of nitrogens with zero attached hydrogens (tertiary/aromatic N) is 2. The molecule has 2 heterocycles. The van der Waals surface area contributed by atoms with Gasteiger partial charge in [-0.15, -0.1) is 11.8 Å².